The van der Waals surface area contributed by atoms with Crippen molar-refractivity contribution in [3.63, 3.8) is 0 Å². The minimum absolute atomic E-state index is 0.0295. The average Bonchev–Trinajstić information content (AvgIpc) is 2.83. The van der Waals surface area contributed by atoms with Crippen LogP contribution in [0.1, 0.15) is 50.1 Å². The molecule has 0 spiro atoms. The molecule has 2 aromatic carbocycles. The minimum Gasteiger partial charge on any atom is -0.481 e. The molecule has 34 heavy (non-hydrogen) atoms. The Morgan fingerprint density at radius 3 is 2.35 bits per heavy atom. The van der Waals surface area contributed by atoms with Gasteiger partial charge in [0.1, 0.15) is 0 Å². The van der Waals surface area contributed by atoms with Gasteiger partial charge in [-0.05, 0) is 42.7 Å². The molecule has 1 atom stereocenters. The van der Waals surface area contributed by atoms with Crippen LogP contribution in [0.15, 0.2) is 64.6 Å². The lowest BCUT2D eigenvalue weighted by molar-refractivity contribution is -0.138. The van der Waals surface area contributed by atoms with Crippen LogP contribution in [0, 0.1) is 5.92 Å². The third-order valence-electron chi connectivity index (χ3n) is 5.64. The summed E-state index contributed by atoms with van der Waals surface area (Å²) in [4.78, 5) is 24.3. The summed E-state index contributed by atoms with van der Waals surface area (Å²) in [6.45, 7) is 0. The molecular weight excluding hydrogens is 458 g/mol. The Kier molecular flexibility index (Phi) is 8.11. The highest BCUT2D eigenvalue weighted by Gasteiger charge is 2.28. The Morgan fingerprint density at radius 1 is 1.06 bits per heavy atom. The summed E-state index contributed by atoms with van der Waals surface area (Å²) in [7, 11) is -4.17. The predicted molar refractivity (Wildman–Crippen MR) is 128 cm³/mol. The molecule has 0 saturated heterocycles. The highest BCUT2D eigenvalue weighted by Crippen LogP contribution is 2.29. The quantitative estimate of drug-likeness (QED) is 0.239. The number of hydrogen-bond donors (Lipinski definition) is 4. The van der Waals surface area contributed by atoms with E-state index in [-0.39, 0.29) is 28.8 Å². The second-order valence-corrected chi connectivity index (χ2v) is 9.94. The third-order valence-corrected chi connectivity index (χ3v) is 7.26. The van der Waals surface area contributed by atoms with Crippen molar-refractivity contribution >= 4 is 33.5 Å². The Balaban J connectivity index is 1.97. The summed E-state index contributed by atoms with van der Waals surface area (Å²) in [6, 6.07) is 12.9. The summed E-state index contributed by atoms with van der Waals surface area (Å²) in [5.41, 5.74) is 11.5. The molecule has 1 amide bonds. The van der Waals surface area contributed by atoms with Crippen LogP contribution in [-0.2, 0) is 19.6 Å². The van der Waals surface area contributed by atoms with E-state index >= 15 is 0 Å². The second-order valence-electron chi connectivity index (χ2n) is 8.17. The summed E-state index contributed by atoms with van der Waals surface area (Å²) in [5, 5.41) is 16.1. The highest BCUT2D eigenvalue weighted by molar-refractivity contribution is 7.92. The SMILES string of the molecule is NC(N)=NN(c1cccc(C(CC(=O)O)NC(=O)C2CCCCC2)c1)S(=O)(=O)c1ccccc1. The van der Waals surface area contributed by atoms with E-state index < -0.39 is 28.0 Å². The summed E-state index contributed by atoms with van der Waals surface area (Å²) in [6.07, 6.45) is 4.17. The van der Waals surface area contributed by atoms with Crippen molar-refractivity contribution in [2.24, 2.45) is 22.5 Å². The van der Waals surface area contributed by atoms with Gasteiger partial charge < -0.3 is 21.9 Å². The number of hydrazone groups is 1. The Labute approximate surface area is 198 Å². The van der Waals surface area contributed by atoms with Crippen molar-refractivity contribution in [2.45, 2.75) is 49.5 Å². The van der Waals surface area contributed by atoms with Gasteiger partial charge in [-0.15, -0.1) is 5.10 Å². The fraction of sp³-hybridized carbons (Fsp3) is 0.348. The summed E-state index contributed by atoms with van der Waals surface area (Å²) < 4.78 is 27.2. The number of carboxylic acids is 1. The van der Waals surface area contributed by atoms with E-state index in [1.54, 1.807) is 30.3 Å². The number of carboxylic acid groups (broad SMARTS) is 1. The van der Waals surface area contributed by atoms with Gasteiger partial charge in [-0.1, -0.05) is 49.6 Å². The highest BCUT2D eigenvalue weighted by atomic mass is 32.2. The zero-order chi connectivity index (χ0) is 24.7. The van der Waals surface area contributed by atoms with Gasteiger partial charge in [-0.2, -0.15) is 12.8 Å². The molecule has 0 radical (unpaired) electrons. The fourth-order valence-corrected chi connectivity index (χ4v) is 5.28. The van der Waals surface area contributed by atoms with Gasteiger partial charge in [0, 0.05) is 5.92 Å². The van der Waals surface area contributed by atoms with Crippen LogP contribution in [0.4, 0.5) is 5.69 Å². The van der Waals surface area contributed by atoms with Gasteiger partial charge >= 0.3 is 5.97 Å². The lowest BCUT2D eigenvalue weighted by atomic mass is 9.88. The smallest absolute Gasteiger partial charge is 0.305 e. The van der Waals surface area contributed by atoms with Gasteiger partial charge in [0.25, 0.3) is 10.0 Å². The molecule has 3 rings (SSSR count). The van der Waals surface area contributed by atoms with Crippen molar-refractivity contribution in [1.29, 1.82) is 0 Å². The van der Waals surface area contributed by atoms with E-state index in [9.17, 15) is 23.1 Å². The fourth-order valence-electron chi connectivity index (χ4n) is 3.99. The van der Waals surface area contributed by atoms with Crippen molar-refractivity contribution in [2.75, 3.05) is 4.41 Å². The standard InChI is InChI=1S/C23H29N5O5S/c24-23(25)27-28(34(32,33)19-12-5-2-6-13-19)18-11-7-10-17(14-18)20(15-21(29)30)26-22(31)16-8-3-1-4-9-16/h2,5-7,10-14,16,20H,1,3-4,8-9,15H2,(H,26,31)(H,29,30)(H4,24,25,27). The third kappa shape index (κ3) is 6.25. The first-order valence-corrected chi connectivity index (χ1v) is 12.4. The number of guanidine groups is 1. The number of aliphatic carboxylic acids is 1. The number of anilines is 1. The van der Waals surface area contributed by atoms with Gasteiger partial charge in [0.15, 0.2) is 0 Å². The molecule has 0 heterocycles. The van der Waals surface area contributed by atoms with Gasteiger partial charge in [0.2, 0.25) is 11.9 Å². The van der Waals surface area contributed by atoms with Crippen LogP contribution in [-0.4, -0.2) is 31.4 Å². The lowest BCUT2D eigenvalue weighted by Gasteiger charge is -2.25. The summed E-state index contributed by atoms with van der Waals surface area (Å²) in [5.74, 6) is -1.94. The van der Waals surface area contributed by atoms with E-state index in [2.05, 4.69) is 10.4 Å². The summed E-state index contributed by atoms with van der Waals surface area (Å²) >= 11 is 0. The van der Waals surface area contributed by atoms with E-state index in [0.717, 1.165) is 32.1 Å². The molecule has 0 aromatic heterocycles. The van der Waals surface area contributed by atoms with Crippen LogP contribution >= 0.6 is 0 Å². The second kappa shape index (κ2) is 11.0. The first-order valence-electron chi connectivity index (χ1n) is 11.0. The molecule has 0 bridgehead atoms. The van der Waals surface area contributed by atoms with Crippen LogP contribution in [0.2, 0.25) is 0 Å². The van der Waals surface area contributed by atoms with Gasteiger partial charge in [0.05, 0.1) is 23.0 Å². The monoisotopic (exact) mass is 487 g/mol. The number of nitrogens with zero attached hydrogens (tertiary/aromatic N) is 2. The van der Waals surface area contributed by atoms with Crippen molar-refractivity contribution < 1.29 is 23.1 Å². The number of amides is 1. The molecular formula is C23H29N5O5S. The van der Waals surface area contributed by atoms with Crippen molar-refractivity contribution in [1.82, 2.24) is 5.32 Å². The predicted octanol–water partition coefficient (Wildman–Crippen LogP) is 2.28. The molecule has 10 nitrogen and oxygen atoms in total. The largest absolute Gasteiger partial charge is 0.481 e. The van der Waals surface area contributed by atoms with Gasteiger partial charge in [-0.3, -0.25) is 9.59 Å². The van der Waals surface area contributed by atoms with Crippen LogP contribution in [0.5, 0.6) is 0 Å². The molecule has 1 unspecified atom stereocenters. The van der Waals surface area contributed by atoms with Crippen molar-refractivity contribution in [3.05, 3.63) is 60.2 Å². The van der Waals surface area contributed by atoms with Crippen LogP contribution < -0.4 is 21.2 Å². The Bertz CT molecular complexity index is 1140. The molecule has 2 aromatic rings. The number of sulfonamides is 1. The van der Waals surface area contributed by atoms with Crippen molar-refractivity contribution in [3.8, 4) is 0 Å². The Hall–Kier alpha value is -3.60. The normalized spacial score (nSPS) is 15.2. The number of carbonyl (C=O) groups excluding carboxylic acids is 1. The number of benzene rings is 2. The Morgan fingerprint density at radius 2 is 1.74 bits per heavy atom. The van der Waals surface area contributed by atoms with Crippen LogP contribution in [0.25, 0.3) is 0 Å². The molecule has 1 fully saturated rings. The molecule has 0 aliphatic heterocycles. The maximum absolute atomic E-state index is 13.3. The molecule has 182 valence electrons. The van der Waals surface area contributed by atoms with E-state index in [4.69, 9.17) is 11.5 Å². The maximum atomic E-state index is 13.3. The van der Waals surface area contributed by atoms with E-state index in [0.29, 0.717) is 9.98 Å². The number of nitrogens with one attached hydrogen (secondary N) is 1. The maximum Gasteiger partial charge on any atom is 0.305 e. The number of nitrogens with two attached hydrogens (primary N) is 2. The van der Waals surface area contributed by atoms with E-state index in [1.165, 1.54) is 24.3 Å². The number of hydrogen-bond acceptors (Lipinski definition) is 5. The topological polar surface area (TPSA) is 168 Å². The number of carbonyl (C=O) groups is 2. The van der Waals surface area contributed by atoms with Crippen LogP contribution in [0.3, 0.4) is 0 Å². The zero-order valence-electron chi connectivity index (χ0n) is 18.6. The molecule has 1 aliphatic carbocycles. The molecule has 6 N–H and O–H groups in total. The first kappa shape index (κ1) is 25.0. The average molecular weight is 488 g/mol. The molecule has 1 aliphatic rings. The zero-order valence-corrected chi connectivity index (χ0v) is 19.4. The minimum atomic E-state index is -4.17. The van der Waals surface area contributed by atoms with E-state index in [1.807, 2.05) is 0 Å². The molecule has 11 heteroatoms. The number of rotatable bonds is 9. The van der Waals surface area contributed by atoms with Gasteiger partial charge in [-0.25, -0.2) is 0 Å². The molecule has 1 saturated carbocycles. The first-order chi connectivity index (χ1) is 16.2. The lowest BCUT2D eigenvalue weighted by Crippen LogP contribution is -2.36.